The van der Waals surface area contributed by atoms with E-state index < -0.39 is 5.97 Å². The number of aliphatic hydroxyl groups is 1. The van der Waals surface area contributed by atoms with Crippen LogP contribution < -0.4 is 5.32 Å². The summed E-state index contributed by atoms with van der Waals surface area (Å²) < 4.78 is 4.62. The van der Waals surface area contributed by atoms with Gasteiger partial charge in [0, 0.05) is 12.3 Å². The number of carbonyl (C=O) groups excluding carboxylic acids is 2. The molecule has 0 aromatic heterocycles. The van der Waals surface area contributed by atoms with E-state index in [-0.39, 0.29) is 12.5 Å². The first kappa shape index (κ1) is 16.5. The fraction of sp³-hybridized carbons (Fsp3) is 0.500. The zero-order valence-corrected chi connectivity index (χ0v) is 12.7. The number of hydrogen-bond donors (Lipinski definition) is 2. The quantitative estimate of drug-likeness (QED) is 0.797. The van der Waals surface area contributed by atoms with E-state index >= 15 is 0 Å². The number of benzene rings is 1. The number of likely N-dealkylation sites (tertiary alicyclic amines) is 1. The van der Waals surface area contributed by atoms with Crippen LogP contribution in [0.15, 0.2) is 24.3 Å². The molecule has 2 N–H and O–H groups in total. The summed E-state index contributed by atoms with van der Waals surface area (Å²) in [6.07, 6.45) is 1.86. The molecule has 2 rings (SSSR count). The number of anilines is 1. The molecule has 0 bridgehead atoms. The number of hydrogen-bond acceptors (Lipinski definition) is 5. The second-order valence-corrected chi connectivity index (χ2v) is 5.52. The molecule has 0 spiro atoms. The van der Waals surface area contributed by atoms with Gasteiger partial charge in [0.2, 0.25) is 5.91 Å². The second-order valence-electron chi connectivity index (χ2n) is 5.52. The third-order valence-corrected chi connectivity index (χ3v) is 3.92. The molecule has 6 nitrogen and oxygen atoms in total. The van der Waals surface area contributed by atoms with Crippen molar-refractivity contribution in [1.29, 1.82) is 0 Å². The normalized spacial score (nSPS) is 16.3. The SMILES string of the molecule is COC(=O)c1ccc(NC(=O)CN2CCC(CO)CC2)cc1. The van der Waals surface area contributed by atoms with Crippen molar-refractivity contribution in [3.8, 4) is 0 Å². The van der Waals surface area contributed by atoms with Crippen LogP contribution in [0.3, 0.4) is 0 Å². The number of rotatable bonds is 5. The van der Waals surface area contributed by atoms with E-state index in [4.69, 9.17) is 5.11 Å². The molecule has 22 heavy (non-hydrogen) atoms. The van der Waals surface area contributed by atoms with Gasteiger partial charge in [-0.2, -0.15) is 0 Å². The van der Waals surface area contributed by atoms with Gasteiger partial charge in [0.25, 0.3) is 0 Å². The number of amides is 1. The Bertz CT molecular complexity index is 507. The number of carbonyl (C=O) groups is 2. The summed E-state index contributed by atoms with van der Waals surface area (Å²) in [6.45, 7) is 2.24. The molecular formula is C16H22N2O4. The summed E-state index contributed by atoms with van der Waals surface area (Å²) in [6, 6.07) is 6.60. The summed E-state index contributed by atoms with van der Waals surface area (Å²) in [5, 5.41) is 11.9. The van der Waals surface area contributed by atoms with E-state index in [1.165, 1.54) is 7.11 Å². The molecule has 1 aromatic rings. The monoisotopic (exact) mass is 306 g/mol. The van der Waals surface area contributed by atoms with Crippen molar-refractivity contribution in [2.75, 3.05) is 38.7 Å². The number of methoxy groups -OCH3 is 1. The third-order valence-electron chi connectivity index (χ3n) is 3.92. The Balaban J connectivity index is 1.81. The Morgan fingerprint density at radius 2 is 1.91 bits per heavy atom. The van der Waals surface area contributed by atoms with Crippen molar-refractivity contribution in [2.24, 2.45) is 5.92 Å². The number of nitrogens with one attached hydrogen (secondary N) is 1. The average Bonchev–Trinajstić information content (AvgIpc) is 2.55. The summed E-state index contributed by atoms with van der Waals surface area (Å²) in [5.74, 6) is -0.108. The zero-order valence-electron chi connectivity index (χ0n) is 12.7. The van der Waals surface area contributed by atoms with Crippen LogP contribution in [-0.2, 0) is 9.53 Å². The highest BCUT2D eigenvalue weighted by Gasteiger charge is 2.20. The molecule has 1 heterocycles. The topological polar surface area (TPSA) is 78.9 Å². The van der Waals surface area contributed by atoms with Crippen molar-refractivity contribution >= 4 is 17.6 Å². The minimum atomic E-state index is -0.398. The van der Waals surface area contributed by atoms with Crippen molar-refractivity contribution in [2.45, 2.75) is 12.8 Å². The first-order valence-corrected chi connectivity index (χ1v) is 7.44. The van der Waals surface area contributed by atoms with Gasteiger partial charge in [-0.15, -0.1) is 0 Å². The lowest BCUT2D eigenvalue weighted by molar-refractivity contribution is -0.117. The van der Waals surface area contributed by atoms with Crippen molar-refractivity contribution < 1.29 is 19.4 Å². The highest BCUT2D eigenvalue weighted by molar-refractivity contribution is 5.93. The van der Waals surface area contributed by atoms with Crippen LogP contribution in [-0.4, -0.2) is 55.2 Å². The Morgan fingerprint density at radius 1 is 1.27 bits per heavy atom. The van der Waals surface area contributed by atoms with Gasteiger partial charge >= 0.3 is 5.97 Å². The summed E-state index contributed by atoms with van der Waals surface area (Å²) in [7, 11) is 1.33. The Kier molecular flexibility index (Phi) is 5.91. The highest BCUT2D eigenvalue weighted by Crippen LogP contribution is 2.16. The predicted octanol–water partition coefficient (Wildman–Crippen LogP) is 1.12. The fourth-order valence-electron chi connectivity index (χ4n) is 2.54. The smallest absolute Gasteiger partial charge is 0.337 e. The maximum atomic E-state index is 12.0. The van der Waals surface area contributed by atoms with Gasteiger partial charge in [-0.05, 0) is 56.1 Å². The van der Waals surface area contributed by atoms with Crippen molar-refractivity contribution in [3.63, 3.8) is 0 Å². The van der Waals surface area contributed by atoms with E-state index in [0.29, 0.717) is 23.7 Å². The van der Waals surface area contributed by atoms with Crippen LogP contribution in [0.1, 0.15) is 23.2 Å². The Morgan fingerprint density at radius 3 is 2.45 bits per heavy atom. The van der Waals surface area contributed by atoms with Gasteiger partial charge in [-0.3, -0.25) is 9.69 Å². The van der Waals surface area contributed by atoms with Gasteiger partial charge in [0.05, 0.1) is 19.2 Å². The van der Waals surface area contributed by atoms with Crippen LogP contribution >= 0.6 is 0 Å². The highest BCUT2D eigenvalue weighted by atomic mass is 16.5. The summed E-state index contributed by atoms with van der Waals surface area (Å²) >= 11 is 0. The molecule has 1 aromatic carbocycles. The first-order chi connectivity index (χ1) is 10.6. The van der Waals surface area contributed by atoms with E-state index in [1.807, 2.05) is 0 Å². The van der Waals surface area contributed by atoms with Crippen molar-refractivity contribution in [3.05, 3.63) is 29.8 Å². The van der Waals surface area contributed by atoms with Gasteiger partial charge in [-0.25, -0.2) is 4.79 Å². The lowest BCUT2D eigenvalue weighted by atomic mass is 9.98. The zero-order chi connectivity index (χ0) is 15.9. The van der Waals surface area contributed by atoms with Gasteiger partial charge in [-0.1, -0.05) is 0 Å². The number of piperidine rings is 1. The lowest BCUT2D eigenvalue weighted by Crippen LogP contribution is -2.39. The van der Waals surface area contributed by atoms with Crippen LogP contribution in [0.25, 0.3) is 0 Å². The number of ether oxygens (including phenoxy) is 1. The minimum Gasteiger partial charge on any atom is -0.465 e. The summed E-state index contributed by atoms with van der Waals surface area (Å²) in [4.78, 5) is 25.4. The summed E-state index contributed by atoms with van der Waals surface area (Å²) in [5.41, 5.74) is 1.11. The Labute approximate surface area is 130 Å². The molecule has 0 atom stereocenters. The van der Waals surface area contributed by atoms with Gasteiger partial charge < -0.3 is 15.2 Å². The number of nitrogens with zero attached hydrogens (tertiary/aromatic N) is 1. The number of esters is 1. The van der Waals surface area contributed by atoms with E-state index in [0.717, 1.165) is 25.9 Å². The molecule has 1 aliphatic heterocycles. The van der Waals surface area contributed by atoms with Crippen molar-refractivity contribution in [1.82, 2.24) is 4.90 Å². The molecule has 0 saturated carbocycles. The molecule has 0 aliphatic carbocycles. The second kappa shape index (κ2) is 7.91. The average molecular weight is 306 g/mol. The van der Waals surface area contributed by atoms with Gasteiger partial charge in [0.15, 0.2) is 0 Å². The molecule has 1 aliphatic rings. The first-order valence-electron chi connectivity index (χ1n) is 7.44. The third kappa shape index (κ3) is 4.54. The molecule has 120 valence electrons. The van der Waals surface area contributed by atoms with E-state index in [9.17, 15) is 9.59 Å². The molecule has 1 amide bonds. The number of aliphatic hydroxyl groups excluding tert-OH is 1. The minimum absolute atomic E-state index is 0.0757. The lowest BCUT2D eigenvalue weighted by Gasteiger charge is -2.30. The Hall–Kier alpha value is -1.92. The molecule has 1 saturated heterocycles. The largest absolute Gasteiger partial charge is 0.465 e. The van der Waals surface area contributed by atoms with Crippen LogP contribution in [0.4, 0.5) is 5.69 Å². The fourth-order valence-corrected chi connectivity index (χ4v) is 2.54. The van der Waals surface area contributed by atoms with Crippen LogP contribution in [0.5, 0.6) is 0 Å². The van der Waals surface area contributed by atoms with Crippen LogP contribution in [0.2, 0.25) is 0 Å². The van der Waals surface area contributed by atoms with Crippen LogP contribution in [0, 0.1) is 5.92 Å². The standard InChI is InChI=1S/C16H22N2O4/c1-22-16(21)13-2-4-14(5-3-13)17-15(20)10-18-8-6-12(11-19)7-9-18/h2-5,12,19H,6-11H2,1H3,(H,17,20). The maximum absolute atomic E-state index is 12.0. The van der Waals surface area contributed by atoms with E-state index in [2.05, 4.69) is 15.0 Å². The van der Waals surface area contributed by atoms with E-state index in [1.54, 1.807) is 24.3 Å². The predicted molar refractivity (Wildman–Crippen MR) is 82.7 cm³/mol. The molecular weight excluding hydrogens is 284 g/mol. The molecule has 6 heteroatoms. The molecule has 1 fully saturated rings. The molecule has 0 radical (unpaired) electrons. The molecule has 0 unspecified atom stereocenters. The van der Waals surface area contributed by atoms with Gasteiger partial charge in [0.1, 0.15) is 0 Å². The maximum Gasteiger partial charge on any atom is 0.337 e.